The molecule has 0 fully saturated rings. The van der Waals surface area contributed by atoms with E-state index in [4.69, 9.17) is 9.57 Å². The molecular formula is C29H22N4O6. The number of amides is 3. The van der Waals surface area contributed by atoms with Crippen LogP contribution < -0.4 is 5.32 Å². The van der Waals surface area contributed by atoms with Crippen LogP contribution in [0.25, 0.3) is 11.1 Å². The van der Waals surface area contributed by atoms with Gasteiger partial charge >= 0.3 is 12.1 Å². The number of carbonyl (C=O) groups is 4. The smallest absolute Gasteiger partial charge is 0.408 e. The number of nitrogens with one attached hydrogen (secondary N) is 1. The third-order valence-electron chi connectivity index (χ3n) is 6.93. The number of aromatic nitrogens is 2. The van der Waals surface area contributed by atoms with Crippen molar-refractivity contribution in [3.63, 3.8) is 0 Å². The second-order valence-corrected chi connectivity index (χ2v) is 9.19. The molecule has 6 rings (SSSR count). The monoisotopic (exact) mass is 522 g/mol. The Bertz CT molecular complexity index is 1560. The van der Waals surface area contributed by atoms with Crippen LogP contribution in [-0.4, -0.2) is 45.1 Å². The molecule has 1 N–H and O–H groups in total. The first kappa shape index (κ1) is 24.1. The summed E-state index contributed by atoms with van der Waals surface area (Å²) >= 11 is 0. The molecule has 1 unspecified atom stereocenters. The van der Waals surface area contributed by atoms with Crippen LogP contribution in [0.15, 0.2) is 85.3 Å². The van der Waals surface area contributed by atoms with Gasteiger partial charge in [-0.25, -0.2) is 14.6 Å². The van der Waals surface area contributed by atoms with E-state index in [-0.39, 0.29) is 29.3 Å². The van der Waals surface area contributed by atoms with E-state index >= 15 is 0 Å². The van der Waals surface area contributed by atoms with Gasteiger partial charge in [-0.05, 0) is 34.4 Å². The number of benzene rings is 3. The van der Waals surface area contributed by atoms with E-state index in [1.165, 1.54) is 29.2 Å². The van der Waals surface area contributed by atoms with Gasteiger partial charge in [0.2, 0.25) is 0 Å². The highest BCUT2D eigenvalue weighted by molar-refractivity contribution is 6.21. The van der Waals surface area contributed by atoms with Crippen molar-refractivity contribution in [1.29, 1.82) is 0 Å². The van der Waals surface area contributed by atoms with Crippen LogP contribution in [0.2, 0.25) is 0 Å². The molecule has 10 nitrogen and oxygen atoms in total. The summed E-state index contributed by atoms with van der Waals surface area (Å²) in [6, 6.07) is 20.6. The van der Waals surface area contributed by atoms with Crippen molar-refractivity contribution in [3.05, 3.63) is 113 Å². The van der Waals surface area contributed by atoms with Gasteiger partial charge in [-0.15, -0.1) is 0 Å². The molecule has 0 spiro atoms. The Morgan fingerprint density at radius 3 is 1.95 bits per heavy atom. The molecule has 3 aromatic carbocycles. The van der Waals surface area contributed by atoms with Crippen LogP contribution in [-0.2, 0) is 21.4 Å². The normalized spacial score (nSPS) is 14.4. The molecule has 10 heteroatoms. The average Bonchev–Trinajstić information content (AvgIpc) is 3.59. The number of hydroxylamine groups is 2. The number of imidazole rings is 1. The maximum absolute atomic E-state index is 13.2. The van der Waals surface area contributed by atoms with Crippen molar-refractivity contribution >= 4 is 23.9 Å². The van der Waals surface area contributed by atoms with Crippen LogP contribution in [0.4, 0.5) is 4.79 Å². The standard InChI is InChI=1S/C29H22N4O6/c1-32-16-30-14-24(32)25(28(36)39-33-26(34)21-12-6-7-13-22(21)27(33)35)31-29(37)38-15-23-19-10-4-2-8-17(19)18-9-3-5-11-20(18)23/h2-14,16,23,25H,15H2,1H3,(H,31,37). The lowest BCUT2D eigenvalue weighted by molar-refractivity contribution is -0.171. The number of rotatable bonds is 6. The van der Waals surface area contributed by atoms with Gasteiger partial charge in [-0.3, -0.25) is 9.59 Å². The first-order valence-electron chi connectivity index (χ1n) is 12.2. The van der Waals surface area contributed by atoms with Crippen LogP contribution in [0, 0.1) is 0 Å². The zero-order chi connectivity index (χ0) is 27.1. The fourth-order valence-corrected chi connectivity index (χ4v) is 5.05. The van der Waals surface area contributed by atoms with Crippen LogP contribution in [0.3, 0.4) is 0 Å². The van der Waals surface area contributed by atoms with Crippen LogP contribution in [0.5, 0.6) is 0 Å². The van der Waals surface area contributed by atoms with Gasteiger partial charge in [0.15, 0.2) is 6.04 Å². The number of hydrogen-bond acceptors (Lipinski definition) is 7. The van der Waals surface area contributed by atoms with Crippen molar-refractivity contribution in [1.82, 2.24) is 19.9 Å². The summed E-state index contributed by atoms with van der Waals surface area (Å²) in [4.78, 5) is 60.8. The predicted molar refractivity (Wildman–Crippen MR) is 137 cm³/mol. The van der Waals surface area contributed by atoms with E-state index in [0.717, 1.165) is 22.3 Å². The lowest BCUT2D eigenvalue weighted by Gasteiger charge is -2.21. The fourth-order valence-electron chi connectivity index (χ4n) is 5.05. The number of imide groups is 1. The topological polar surface area (TPSA) is 120 Å². The third-order valence-corrected chi connectivity index (χ3v) is 6.93. The van der Waals surface area contributed by atoms with Crippen molar-refractivity contribution in [2.24, 2.45) is 7.05 Å². The maximum Gasteiger partial charge on any atom is 0.408 e. The van der Waals surface area contributed by atoms with Gasteiger partial charge in [-0.2, -0.15) is 0 Å². The number of aryl methyl sites for hydroxylation is 1. The lowest BCUT2D eigenvalue weighted by Crippen LogP contribution is -2.41. The lowest BCUT2D eigenvalue weighted by atomic mass is 9.98. The quantitative estimate of drug-likeness (QED) is 0.383. The van der Waals surface area contributed by atoms with Gasteiger partial charge in [0.1, 0.15) is 6.61 Å². The van der Waals surface area contributed by atoms with E-state index in [9.17, 15) is 19.2 Å². The Balaban J connectivity index is 1.19. The Kier molecular flexibility index (Phi) is 5.91. The second kappa shape index (κ2) is 9.56. The highest BCUT2D eigenvalue weighted by atomic mass is 16.7. The summed E-state index contributed by atoms with van der Waals surface area (Å²) in [5.41, 5.74) is 4.76. The second-order valence-electron chi connectivity index (χ2n) is 9.19. The third kappa shape index (κ3) is 4.11. The van der Waals surface area contributed by atoms with E-state index in [1.807, 2.05) is 48.5 Å². The van der Waals surface area contributed by atoms with E-state index in [0.29, 0.717) is 5.06 Å². The van der Waals surface area contributed by atoms with Gasteiger partial charge in [0.25, 0.3) is 11.8 Å². The minimum Gasteiger partial charge on any atom is -0.449 e. The molecule has 0 radical (unpaired) electrons. The first-order chi connectivity index (χ1) is 18.9. The fraction of sp³-hybridized carbons (Fsp3) is 0.138. The van der Waals surface area contributed by atoms with Crippen molar-refractivity contribution in [2.45, 2.75) is 12.0 Å². The summed E-state index contributed by atoms with van der Waals surface area (Å²) in [5.74, 6) is -2.77. The molecule has 2 aliphatic rings. The highest BCUT2D eigenvalue weighted by Crippen LogP contribution is 2.44. The first-order valence-corrected chi connectivity index (χ1v) is 12.2. The van der Waals surface area contributed by atoms with Gasteiger partial charge in [-0.1, -0.05) is 65.7 Å². The molecular weight excluding hydrogens is 500 g/mol. The summed E-state index contributed by atoms with van der Waals surface area (Å²) in [7, 11) is 1.63. The molecule has 0 bridgehead atoms. The van der Waals surface area contributed by atoms with E-state index in [2.05, 4.69) is 10.3 Å². The van der Waals surface area contributed by atoms with Crippen LogP contribution in [0.1, 0.15) is 49.5 Å². The van der Waals surface area contributed by atoms with Gasteiger partial charge in [0.05, 0.1) is 29.3 Å². The predicted octanol–water partition coefficient (Wildman–Crippen LogP) is 3.75. The number of hydrogen-bond donors (Lipinski definition) is 1. The molecule has 1 atom stereocenters. The van der Waals surface area contributed by atoms with Gasteiger partial charge < -0.3 is 19.5 Å². The SMILES string of the molecule is Cn1cncc1C(NC(=O)OCC1c2ccccc2-c2ccccc21)C(=O)ON1C(=O)c2ccccc2C1=O. The number of ether oxygens (including phenoxy) is 1. The zero-order valence-corrected chi connectivity index (χ0v) is 20.7. The number of nitrogens with zero attached hydrogens (tertiary/aromatic N) is 3. The molecule has 1 aromatic heterocycles. The molecule has 194 valence electrons. The largest absolute Gasteiger partial charge is 0.449 e. The molecule has 1 aliphatic carbocycles. The van der Waals surface area contributed by atoms with E-state index in [1.54, 1.807) is 19.2 Å². The Hall–Kier alpha value is -5.25. The Morgan fingerprint density at radius 1 is 0.872 bits per heavy atom. The zero-order valence-electron chi connectivity index (χ0n) is 20.7. The summed E-state index contributed by atoms with van der Waals surface area (Å²) in [6.07, 6.45) is 1.94. The maximum atomic E-state index is 13.2. The minimum atomic E-state index is -1.41. The molecule has 2 heterocycles. The van der Waals surface area contributed by atoms with Crippen molar-refractivity contribution < 1.29 is 28.8 Å². The molecule has 39 heavy (non-hydrogen) atoms. The molecule has 0 saturated heterocycles. The van der Waals surface area contributed by atoms with Crippen molar-refractivity contribution in [2.75, 3.05) is 6.61 Å². The highest BCUT2D eigenvalue weighted by Gasteiger charge is 2.41. The van der Waals surface area contributed by atoms with E-state index < -0.39 is 29.9 Å². The Morgan fingerprint density at radius 2 is 1.41 bits per heavy atom. The number of fused-ring (bicyclic) bond motifs is 4. The van der Waals surface area contributed by atoms with Crippen molar-refractivity contribution in [3.8, 4) is 11.1 Å². The minimum absolute atomic E-state index is 0.0332. The summed E-state index contributed by atoms with van der Waals surface area (Å²) in [6.45, 7) is 0.0332. The Labute approximate surface area is 222 Å². The molecule has 1 aliphatic heterocycles. The molecule has 3 amide bonds. The number of carbonyl (C=O) groups excluding carboxylic acids is 4. The summed E-state index contributed by atoms with van der Waals surface area (Å²) in [5, 5.41) is 2.91. The van der Waals surface area contributed by atoms with Gasteiger partial charge in [0, 0.05) is 13.0 Å². The molecule has 4 aromatic rings. The summed E-state index contributed by atoms with van der Waals surface area (Å²) < 4.78 is 7.10. The molecule has 0 saturated carbocycles. The van der Waals surface area contributed by atoms with Crippen LogP contribution >= 0.6 is 0 Å². The average molecular weight is 523 g/mol. The number of alkyl carbamates (subject to hydrolysis) is 1.